The summed E-state index contributed by atoms with van der Waals surface area (Å²) in [5.41, 5.74) is 4.46. The average molecular weight is 543 g/mol. The van der Waals surface area contributed by atoms with Crippen molar-refractivity contribution in [3.8, 4) is 16.9 Å². The van der Waals surface area contributed by atoms with Crippen LogP contribution in [0.2, 0.25) is 0 Å². The van der Waals surface area contributed by atoms with Crippen LogP contribution in [-0.4, -0.2) is 36.4 Å². The highest BCUT2D eigenvalue weighted by Crippen LogP contribution is 2.44. The van der Waals surface area contributed by atoms with Crippen molar-refractivity contribution in [1.82, 2.24) is 5.32 Å². The Morgan fingerprint density at radius 2 is 1.62 bits per heavy atom. The quantitative estimate of drug-likeness (QED) is 0.389. The molecule has 2 N–H and O–H groups in total. The maximum Gasteiger partial charge on any atom is 0.407 e. The monoisotopic (exact) mass is 543 g/mol. The molecular weight excluding hydrogens is 521 g/mol. The summed E-state index contributed by atoms with van der Waals surface area (Å²) in [6.07, 6.45) is -0.640. The van der Waals surface area contributed by atoms with E-state index in [1.54, 1.807) is 6.07 Å². The molecule has 0 fully saturated rings. The van der Waals surface area contributed by atoms with Gasteiger partial charge in [0.1, 0.15) is 18.4 Å². The molecule has 164 valence electrons. The predicted molar refractivity (Wildman–Crippen MR) is 129 cm³/mol. The summed E-state index contributed by atoms with van der Waals surface area (Å²) in [6, 6.07) is 22.4. The maximum absolute atomic E-state index is 12.4. The minimum absolute atomic E-state index is 0.0830. The summed E-state index contributed by atoms with van der Waals surface area (Å²) >= 11 is 2.18. The molecule has 0 aliphatic heterocycles. The van der Waals surface area contributed by atoms with Gasteiger partial charge in [0.2, 0.25) is 0 Å². The largest absolute Gasteiger partial charge is 0.493 e. The highest BCUT2D eigenvalue weighted by molar-refractivity contribution is 14.1. The van der Waals surface area contributed by atoms with E-state index in [9.17, 15) is 14.7 Å². The second-order valence-electron chi connectivity index (χ2n) is 7.46. The van der Waals surface area contributed by atoms with E-state index in [0.29, 0.717) is 5.75 Å². The normalized spacial score (nSPS) is 13.0. The molecule has 0 saturated carbocycles. The molecular formula is C25H22INO5. The molecule has 4 rings (SSSR count). The lowest BCUT2D eigenvalue weighted by Gasteiger charge is -2.17. The number of hydrogen-bond donors (Lipinski definition) is 2. The van der Waals surface area contributed by atoms with Gasteiger partial charge in [-0.25, -0.2) is 9.59 Å². The van der Waals surface area contributed by atoms with Crippen molar-refractivity contribution in [2.24, 2.45) is 0 Å². The molecule has 1 atom stereocenters. The van der Waals surface area contributed by atoms with E-state index >= 15 is 0 Å². The van der Waals surface area contributed by atoms with Crippen LogP contribution in [0.3, 0.4) is 0 Å². The number of aliphatic carboxylic acids is 1. The number of carbonyl (C=O) groups is 2. The van der Waals surface area contributed by atoms with Crippen molar-refractivity contribution >= 4 is 34.7 Å². The van der Waals surface area contributed by atoms with Crippen LogP contribution in [0.25, 0.3) is 11.1 Å². The van der Waals surface area contributed by atoms with Crippen LogP contribution in [0.4, 0.5) is 4.79 Å². The van der Waals surface area contributed by atoms with E-state index in [1.807, 2.05) is 54.6 Å². The van der Waals surface area contributed by atoms with Crippen molar-refractivity contribution in [2.45, 2.75) is 18.4 Å². The van der Waals surface area contributed by atoms with Crippen molar-refractivity contribution in [2.75, 3.05) is 13.2 Å². The van der Waals surface area contributed by atoms with E-state index in [1.165, 1.54) is 0 Å². The van der Waals surface area contributed by atoms with Crippen molar-refractivity contribution in [1.29, 1.82) is 0 Å². The molecule has 1 aliphatic rings. The van der Waals surface area contributed by atoms with Crippen LogP contribution < -0.4 is 10.1 Å². The Morgan fingerprint density at radius 1 is 0.969 bits per heavy atom. The van der Waals surface area contributed by atoms with Crippen molar-refractivity contribution in [3.05, 3.63) is 87.5 Å². The Balaban J connectivity index is 1.34. The third kappa shape index (κ3) is 5.04. The van der Waals surface area contributed by atoms with E-state index in [0.717, 1.165) is 25.8 Å². The molecule has 0 saturated heterocycles. The zero-order valence-electron chi connectivity index (χ0n) is 17.2. The molecule has 32 heavy (non-hydrogen) atoms. The van der Waals surface area contributed by atoms with Crippen LogP contribution in [0.15, 0.2) is 72.8 Å². The molecule has 7 heteroatoms. The highest BCUT2D eigenvalue weighted by Gasteiger charge is 2.29. The number of benzene rings is 3. The van der Waals surface area contributed by atoms with E-state index in [4.69, 9.17) is 9.47 Å². The lowest BCUT2D eigenvalue weighted by molar-refractivity contribution is -0.139. The van der Waals surface area contributed by atoms with Crippen LogP contribution in [0.5, 0.6) is 5.75 Å². The fourth-order valence-electron chi connectivity index (χ4n) is 3.89. The number of carbonyl (C=O) groups excluding carboxylic acids is 1. The van der Waals surface area contributed by atoms with Crippen LogP contribution in [0, 0.1) is 3.57 Å². The molecule has 0 radical (unpaired) electrons. The van der Waals surface area contributed by atoms with Crippen LogP contribution in [0.1, 0.15) is 23.5 Å². The summed E-state index contributed by atoms with van der Waals surface area (Å²) in [7, 11) is 0. The summed E-state index contributed by atoms with van der Waals surface area (Å²) in [6.45, 7) is 0.284. The second-order valence-corrected chi connectivity index (χ2v) is 8.70. The Labute approximate surface area is 199 Å². The topological polar surface area (TPSA) is 84.9 Å². The van der Waals surface area contributed by atoms with Crippen LogP contribution >= 0.6 is 22.6 Å². The Morgan fingerprint density at radius 3 is 2.25 bits per heavy atom. The van der Waals surface area contributed by atoms with Gasteiger partial charge in [-0.15, -0.1) is 0 Å². The Kier molecular flexibility index (Phi) is 6.94. The van der Waals surface area contributed by atoms with E-state index in [2.05, 4.69) is 40.0 Å². The highest BCUT2D eigenvalue weighted by atomic mass is 127. The molecule has 3 aromatic rings. The van der Waals surface area contributed by atoms with Gasteiger partial charge >= 0.3 is 12.1 Å². The molecule has 0 aromatic heterocycles. The minimum Gasteiger partial charge on any atom is -0.493 e. The zero-order chi connectivity index (χ0) is 22.5. The summed E-state index contributed by atoms with van der Waals surface area (Å²) < 4.78 is 12.1. The molecule has 6 nitrogen and oxygen atoms in total. The number of alkyl carbamates (subject to hydrolysis) is 1. The van der Waals surface area contributed by atoms with E-state index < -0.39 is 18.1 Å². The number of amides is 1. The molecule has 0 bridgehead atoms. The molecule has 1 aliphatic carbocycles. The Bertz CT molecular complexity index is 1090. The average Bonchev–Trinajstić information content (AvgIpc) is 3.11. The number of fused-ring (bicyclic) bond motifs is 3. The third-order valence-electron chi connectivity index (χ3n) is 5.41. The number of carboxylic acids is 1. The van der Waals surface area contributed by atoms with Gasteiger partial charge < -0.3 is 19.9 Å². The molecule has 0 heterocycles. The summed E-state index contributed by atoms with van der Waals surface area (Å²) in [5, 5.41) is 11.9. The maximum atomic E-state index is 12.4. The van der Waals surface area contributed by atoms with Gasteiger partial charge in [0.15, 0.2) is 0 Å². The zero-order valence-corrected chi connectivity index (χ0v) is 19.3. The minimum atomic E-state index is -1.13. The molecule has 3 aromatic carbocycles. The fourth-order valence-corrected chi connectivity index (χ4v) is 4.41. The lowest BCUT2D eigenvalue weighted by Crippen LogP contribution is -2.42. The number of ether oxygens (including phenoxy) is 2. The lowest BCUT2D eigenvalue weighted by atomic mass is 9.98. The Hall–Kier alpha value is -3.07. The van der Waals surface area contributed by atoms with Gasteiger partial charge in [-0.3, -0.25) is 0 Å². The van der Waals surface area contributed by atoms with Crippen molar-refractivity contribution < 1.29 is 24.2 Å². The van der Waals surface area contributed by atoms with E-state index in [-0.39, 0.29) is 25.6 Å². The molecule has 1 amide bonds. The van der Waals surface area contributed by atoms with Gasteiger partial charge in [-0.05, 0) is 63.0 Å². The first kappa shape index (κ1) is 22.1. The second kappa shape index (κ2) is 10.0. The number of rotatable bonds is 8. The van der Waals surface area contributed by atoms with Crippen LogP contribution in [-0.2, 0) is 9.53 Å². The van der Waals surface area contributed by atoms with Crippen molar-refractivity contribution in [3.63, 3.8) is 0 Å². The van der Waals surface area contributed by atoms with Gasteiger partial charge in [0, 0.05) is 15.9 Å². The summed E-state index contributed by atoms with van der Waals surface area (Å²) in [5.74, 6) is -0.563. The SMILES string of the molecule is O=C(NC(CCOc1cccc(I)c1)C(=O)O)OCC1c2ccccc2-c2ccccc21. The number of carboxylic acid groups (broad SMARTS) is 1. The predicted octanol–water partition coefficient (Wildman–Crippen LogP) is 5.05. The summed E-state index contributed by atoms with van der Waals surface area (Å²) in [4.78, 5) is 24.0. The van der Waals surface area contributed by atoms with Gasteiger partial charge in [-0.2, -0.15) is 0 Å². The first-order valence-electron chi connectivity index (χ1n) is 10.3. The smallest absolute Gasteiger partial charge is 0.407 e. The number of hydrogen-bond acceptors (Lipinski definition) is 4. The van der Waals surface area contributed by atoms with Gasteiger partial charge in [-0.1, -0.05) is 54.6 Å². The standard InChI is InChI=1S/C25H22INO5/c26-16-6-5-7-17(14-16)31-13-12-23(24(28)29)27-25(30)32-15-22-20-10-3-1-8-18(20)19-9-2-4-11-21(19)22/h1-11,14,22-23H,12-13,15H2,(H,27,30)(H,28,29). The van der Waals surface area contributed by atoms with Gasteiger partial charge in [0.25, 0.3) is 0 Å². The number of halogens is 1. The third-order valence-corrected chi connectivity index (χ3v) is 6.08. The first-order valence-corrected chi connectivity index (χ1v) is 11.3. The molecule has 0 spiro atoms. The first-order chi connectivity index (χ1) is 15.5. The molecule has 1 unspecified atom stereocenters. The number of nitrogens with one attached hydrogen (secondary N) is 1. The van der Waals surface area contributed by atoms with Gasteiger partial charge in [0.05, 0.1) is 6.61 Å². The fraction of sp³-hybridized carbons (Fsp3) is 0.200.